The lowest BCUT2D eigenvalue weighted by Crippen LogP contribution is -2.32. The van der Waals surface area contributed by atoms with Gasteiger partial charge in [-0.15, -0.1) is 0 Å². The lowest BCUT2D eigenvalue weighted by molar-refractivity contribution is -0.136. The molecule has 0 saturated carbocycles. The van der Waals surface area contributed by atoms with Crippen molar-refractivity contribution in [2.45, 2.75) is 6.92 Å². The molecule has 0 fully saturated rings. The topological polar surface area (TPSA) is 79.8 Å². The number of hydrogen-bond acceptors (Lipinski definition) is 4. The van der Waals surface area contributed by atoms with Crippen LogP contribution >= 0.6 is 0 Å². The Kier molecular flexibility index (Phi) is 5.79. The minimum Gasteiger partial charge on any atom is -0.492 e. The third-order valence-electron chi connectivity index (χ3n) is 3.83. The van der Waals surface area contributed by atoms with Crippen molar-refractivity contribution in [2.24, 2.45) is 5.10 Å². The largest absolute Gasteiger partial charge is 0.492 e. The molecule has 0 unspecified atom stereocenters. The predicted molar refractivity (Wildman–Crippen MR) is 106 cm³/mol. The lowest BCUT2D eigenvalue weighted by atomic mass is 10.1. The number of nitrogens with zero attached hydrogens (tertiary/aromatic N) is 1. The van der Waals surface area contributed by atoms with Crippen molar-refractivity contribution in [1.82, 2.24) is 5.43 Å². The number of amides is 2. The Labute approximate surface area is 156 Å². The number of rotatable bonds is 5. The number of carbonyl (C=O) groups excluding carboxylic acids is 2. The summed E-state index contributed by atoms with van der Waals surface area (Å²) in [7, 11) is 0. The second kappa shape index (κ2) is 8.62. The number of hydrogen-bond donors (Lipinski definition) is 2. The lowest BCUT2D eigenvalue weighted by Gasteiger charge is -2.10. The summed E-state index contributed by atoms with van der Waals surface area (Å²) in [5, 5.41) is 8.50. The van der Waals surface area contributed by atoms with E-state index < -0.39 is 11.8 Å². The number of para-hydroxylation sites is 2. The van der Waals surface area contributed by atoms with Crippen LogP contribution in [0.3, 0.4) is 0 Å². The summed E-state index contributed by atoms with van der Waals surface area (Å²) in [5.41, 5.74) is 3.52. The molecule has 136 valence electrons. The first-order valence-corrected chi connectivity index (χ1v) is 8.53. The van der Waals surface area contributed by atoms with E-state index >= 15 is 0 Å². The Hall–Kier alpha value is -3.67. The molecule has 0 radical (unpaired) electrons. The van der Waals surface area contributed by atoms with E-state index in [4.69, 9.17) is 4.74 Å². The van der Waals surface area contributed by atoms with Gasteiger partial charge >= 0.3 is 11.8 Å². The Morgan fingerprint density at radius 3 is 2.56 bits per heavy atom. The summed E-state index contributed by atoms with van der Waals surface area (Å²) < 4.78 is 5.42. The van der Waals surface area contributed by atoms with Gasteiger partial charge in [-0.3, -0.25) is 9.59 Å². The van der Waals surface area contributed by atoms with E-state index in [0.717, 1.165) is 16.3 Å². The molecule has 0 aliphatic rings. The first-order chi connectivity index (χ1) is 13.2. The van der Waals surface area contributed by atoms with E-state index in [0.29, 0.717) is 18.0 Å². The molecule has 3 aromatic rings. The van der Waals surface area contributed by atoms with Crippen LogP contribution in [-0.4, -0.2) is 24.6 Å². The summed E-state index contributed by atoms with van der Waals surface area (Å²) >= 11 is 0. The highest BCUT2D eigenvalue weighted by molar-refractivity contribution is 6.39. The van der Waals surface area contributed by atoms with Crippen molar-refractivity contribution in [1.29, 1.82) is 0 Å². The molecule has 3 rings (SSSR count). The van der Waals surface area contributed by atoms with Crippen molar-refractivity contribution in [3.05, 3.63) is 72.3 Å². The number of hydrazone groups is 1. The van der Waals surface area contributed by atoms with Crippen LogP contribution in [-0.2, 0) is 9.59 Å². The van der Waals surface area contributed by atoms with E-state index in [2.05, 4.69) is 15.8 Å². The minimum atomic E-state index is -0.863. The minimum absolute atomic E-state index is 0.428. The van der Waals surface area contributed by atoms with Gasteiger partial charge in [0.1, 0.15) is 5.75 Å². The van der Waals surface area contributed by atoms with Crippen LogP contribution in [0, 0.1) is 0 Å². The van der Waals surface area contributed by atoms with Gasteiger partial charge in [-0.1, -0.05) is 54.6 Å². The van der Waals surface area contributed by atoms with Gasteiger partial charge in [-0.25, -0.2) is 5.43 Å². The standard InChI is InChI=1S/C21H19N3O3/c1-2-27-19-13-6-5-12-18(19)23-20(25)21(26)24-22-14-16-10-7-9-15-8-3-4-11-17(15)16/h3-14H,2H2,1H3,(H,23,25)(H,24,26)/b22-14+. The van der Waals surface area contributed by atoms with Crippen LogP contribution in [0.15, 0.2) is 71.8 Å². The fraction of sp³-hybridized carbons (Fsp3) is 0.0952. The molecule has 0 heterocycles. The van der Waals surface area contributed by atoms with Gasteiger partial charge in [-0.2, -0.15) is 5.10 Å². The highest BCUT2D eigenvalue weighted by atomic mass is 16.5. The Balaban J connectivity index is 1.65. The summed E-state index contributed by atoms with van der Waals surface area (Å²) in [6, 6.07) is 20.5. The molecule has 0 spiro atoms. The van der Waals surface area contributed by atoms with Crippen LogP contribution in [0.1, 0.15) is 12.5 Å². The van der Waals surface area contributed by atoms with Gasteiger partial charge in [0, 0.05) is 5.56 Å². The zero-order valence-electron chi connectivity index (χ0n) is 14.8. The molecule has 0 aliphatic carbocycles. The molecule has 3 aromatic carbocycles. The summed E-state index contributed by atoms with van der Waals surface area (Å²) in [5.74, 6) is -1.18. The van der Waals surface area contributed by atoms with E-state index in [9.17, 15) is 9.59 Å². The number of carbonyl (C=O) groups is 2. The van der Waals surface area contributed by atoms with Crippen molar-refractivity contribution >= 4 is 34.5 Å². The SMILES string of the molecule is CCOc1ccccc1NC(=O)C(=O)N/N=C/c1cccc2ccccc12. The van der Waals surface area contributed by atoms with Crippen LogP contribution < -0.4 is 15.5 Å². The maximum Gasteiger partial charge on any atom is 0.329 e. The monoisotopic (exact) mass is 361 g/mol. The van der Waals surface area contributed by atoms with Crippen LogP contribution in [0.5, 0.6) is 5.75 Å². The number of ether oxygens (including phenoxy) is 1. The fourth-order valence-electron chi connectivity index (χ4n) is 2.60. The maximum absolute atomic E-state index is 12.1. The maximum atomic E-state index is 12.1. The van der Waals surface area contributed by atoms with Gasteiger partial charge in [0.05, 0.1) is 18.5 Å². The molecule has 27 heavy (non-hydrogen) atoms. The van der Waals surface area contributed by atoms with Crippen LogP contribution in [0.25, 0.3) is 10.8 Å². The molecule has 0 saturated heterocycles. The van der Waals surface area contributed by atoms with Crippen molar-refractivity contribution in [3.63, 3.8) is 0 Å². The molecule has 2 amide bonds. The second-order valence-electron chi connectivity index (χ2n) is 5.65. The molecule has 0 atom stereocenters. The Morgan fingerprint density at radius 2 is 1.70 bits per heavy atom. The van der Waals surface area contributed by atoms with E-state index in [1.165, 1.54) is 6.21 Å². The van der Waals surface area contributed by atoms with Crippen molar-refractivity contribution < 1.29 is 14.3 Å². The molecule has 0 aromatic heterocycles. The van der Waals surface area contributed by atoms with E-state index in [1.807, 2.05) is 49.4 Å². The van der Waals surface area contributed by atoms with Gasteiger partial charge < -0.3 is 10.1 Å². The highest BCUT2D eigenvalue weighted by Gasteiger charge is 2.15. The first kappa shape index (κ1) is 18.1. The van der Waals surface area contributed by atoms with Crippen molar-refractivity contribution in [2.75, 3.05) is 11.9 Å². The van der Waals surface area contributed by atoms with Gasteiger partial charge in [0.2, 0.25) is 0 Å². The van der Waals surface area contributed by atoms with Crippen LogP contribution in [0.2, 0.25) is 0 Å². The smallest absolute Gasteiger partial charge is 0.329 e. The van der Waals surface area contributed by atoms with Crippen molar-refractivity contribution in [3.8, 4) is 5.75 Å². The molecule has 6 nitrogen and oxygen atoms in total. The quantitative estimate of drug-likeness (QED) is 0.416. The number of anilines is 1. The zero-order valence-corrected chi connectivity index (χ0v) is 14.8. The predicted octanol–water partition coefficient (Wildman–Crippen LogP) is 3.33. The second-order valence-corrected chi connectivity index (χ2v) is 5.65. The first-order valence-electron chi connectivity index (χ1n) is 8.53. The fourth-order valence-corrected chi connectivity index (χ4v) is 2.60. The normalized spacial score (nSPS) is 10.7. The van der Waals surface area contributed by atoms with E-state index in [1.54, 1.807) is 24.3 Å². The molecule has 2 N–H and O–H groups in total. The van der Waals surface area contributed by atoms with E-state index in [-0.39, 0.29) is 0 Å². The number of nitrogens with one attached hydrogen (secondary N) is 2. The van der Waals surface area contributed by atoms with Gasteiger partial charge in [0.25, 0.3) is 0 Å². The number of benzene rings is 3. The van der Waals surface area contributed by atoms with Crippen LogP contribution in [0.4, 0.5) is 5.69 Å². The van der Waals surface area contributed by atoms with Gasteiger partial charge in [0.15, 0.2) is 0 Å². The molecule has 0 aliphatic heterocycles. The van der Waals surface area contributed by atoms with Gasteiger partial charge in [-0.05, 0) is 29.8 Å². The molecule has 0 bridgehead atoms. The molecular weight excluding hydrogens is 342 g/mol. The summed E-state index contributed by atoms with van der Waals surface area (Å²) in [4.78, 5) is 24.1. The summed E-state index contributed by atoms with van der Waals surface area (Å²) in [6.45, 7) is 2.29. The third kappa shape index (κ3) is 4.49. The number of fused-ring (bicyclic) bond motifs is 1. The average Bonchev–Trinajstić information content (AvgIpc) is 2.69. The Morgan fingerprint density at radius 1 is 0.963 bits per heavy atom. The molecule has 6 heteroatoms. The highest BCUT2D eigenvalue weighted by Crippen LogP contribution is 2.23. The zero-order chi connectivity index (χ0) is 19.1. The molecular formula is C21H19N3O3. The average molecular weight is 361 g/mol. The summed E-state index contributed by atoms with van der Waals surface area (Å²) in [6.07, 6.45) is 1.52. The Bertz CT molecular complexity index is 993. The third-order valence-corrected chi connectivity index (χ3v) is 3.83.